The first-order valence-electron chi connectivity index (χ1n) is 11.2. The van der Waals surface area contributed by atoms with E-state index in [0.717, 1.165) is 6.54 Å². The third-order valence-electron chi connectivity index (χ3n) is 5.49. The van der Waals surface area contributed by atoms with Gasteiger partial charge in [0.15, 0.2) is 5.78 Å². The lowest BCUT2D eigenvalue weighted by molar-refractivity contribution is 0.101. The van der Waals surface area contributed by atoms with Gasteiger partial charge in [-0.2, -0.15) is 0 Å². The molecule has 10 heteroatoms. The fourth-order valence-corrected chi connectivity index (χ4v) is 3.80. The number of ketones is 1. The number of carbonyl (C=O) groups excluding carboxylic acids is 1. The quantitative estimate of drug-likeness (QED) is 0.282. The third kappa shape index (κ3) is 5.54. The van der Waals surface area contributed by atoms with Crippen LogP contribution in [0.3, 0.4) is 0 Å². The Labute approximate surface area is 213 Å². The summed E-state index contributed by atoms with van der Waals surface area (Å²) >= 11 is 6.15. The van der Waals surface area contributed by atoms with Crippen molar-refractivity contribution in [1.82, 2.24) is 19.9 Å². The van der Waals surface area contributed by atoms with Gasteiger partial charge in [-0.15, -0.1) is 0 Å². The number of fused-ring (bicyclic) bond motifs is 1. The number of Topliss-reactive ketones (excluding diaryl/α,β-unsaturated/α-hetero) is 1. The van der Waals surface area contributed by atoms with Gasteiger partial charge in [0.1, 0.15) is 17.9 Å². The van der Waals surface area contributed by atoms with E-state index in [1.54, 1.807) is 36.5 Å². The van der Waals surface area contributed by atoms with Gasteiger partial charge >= 0.3 is 0 Å². The molecular formula is C26H26ClN5O4. The zero-order valence-electron chi connectivity index (χ0n) is 20.1. The van der Waals surface area contributed by atoms with Gasteiger partial charge in [0, 0.05) is 29.9 Å². The summed E-state index contributed by atoms with van der Waals surface area (Å²) in [6.07, 6.45) is 3.14. The number of anilines is 2. The Bertz CT molecular complexity index is 1410. The van der Waals surface area contributed by atoms with Gasteiger partial charge in [0.25, 0.3) is 0 Å². The number of aromatic hydroxyl groups is 1. The van der Waals surface area contributed by atoms with Gasteiger partial charge in [0.05, 0.1) is 46.0 Å². The van der Waals surface area contributed by atoms with Crippen LogP contribution < -0.4 is 10.1 Å². The molecule has 0 radical (unpaired) electrons. The first-order valence-corrected chi connectivity index (χ1v) is 11.6. The zero-order chi connectivity index (χ0) is 25.8. The first-order chi connectivity index (χ1) is 17.3. The van der Waals surface area contributed by atoms with E-state index < -0.39 is 0 Å². The number of benzene rings is 1. The maximum atomic E-state index is 12.4. The van der Waals surface area contributed by atoms with Crippen molar-refractivity contribution in [1.29, 1.82) is 0 Å². The minimum atomic E-state index is -0.377. The Morgan fingerprint density at radius 1 is 1.14 bits per heavy atom. The Hall–Kier alpha value is -3.79. The van der Waals surface area contributed by atoms with Crippen LogP contribution in [0.25, 0.3) is 22.3 Å². The van der Waals surface area contributed by atoms with E-state index in [9.17, 15) is 15.0 Å². The molecule has 0 fully saturated rings. The molecule has 0 spiro atoms. The molecule has 0 aliphatic rings. The van der Waals surface area contributed by atoms with Crippen LogP contribution in [0.1, 0.15) is 22.8 Å². The summed E-state index contributed by atoms with van der Waals surface area (Å²) in [5.41, 5.74) is 3.98. The summed E-state index contributed by atoms with van der Waals surface area (Å²) in [6.45, 7) is 2.37. The Morgan fingerprint density at radius 2 is 1.94 bits per heavy atom. The average molecular weight is 508 g/mol. The number of aromatic nitrogens is 3. The number of pyridine rings is 3. The lowest BCUT2D eigenvalue weighted by Crippen LogP contribution is -2.19. The van der Waals surface area contributed by atoms with Gasteiger partial charge in [0.2, 0.25) is 5.88 Å². The number of nitrogens with zero attached hydrogens (tertiary/aromatic N) is 4. The van der Waals surface area contributed by atoms with Crippen molar-refractivity contribution in [2.24, 2.45) is 0 Å². The van der Waals surface area contributed by atoms with Gasteiger partial charge in [-0.1, -0.05) is 11.6 Å². The van der Waals surface area contributed by atoms with Crippen LogP contribution in [0.15, 0.2) is 48.8 Å². The van der Waals surface area contributed by atoms with E-state index in [-0.39, 0.29) is 28.7 Å². The molecular weight excluding hydrogens is 482 g/mol. The number of aliphatic hydroxyl groups excluding tert-OH is 1. The average Bonchev–Trinajstić information content (AvgIpc) is 2.86. The molecule has 0 bridgehead atoms. The molecule has 186 valence electrons. The Kier molecular flexibility index (Phi) is 7.64. The van der Waals surface area contributed by atoms with Crippen molar-refractivity contribution >= 4 is 39.8 Å². The Morgan fingerprint density at radius 3 is 2.61 bits per heavy atom. The van der Waals surface area contributed by atoms with Crippen molar-refractivity contribution < 1.29 is 19.7 Å². The van der Waals surface area contributed by atoms with Crippen molar-refractivity contribution in [3.05, 3.63) is 64.9 Å². The molecule has 3 heterocycles. The first kappa shape index (κ1) is 25.3. The maximum absolute atomic E-state index is 12.4. The standard InChI is InChI=1S/C26H26ClN5O4/c1-15(34)19-13-28-22-6-5-21(16-10-17(14-33)26(35)20(27)11-16)31-25(22)24(19)30-18-4-7-23(29-12-18)36-9-8-32(2)3/h4-7,10-13,33,35H,8-9,14H2,1-3H3,(H,28,30). The normalized spacial score (nSPS) is 11.2. The molecule has 9 nitrogen and oxygen atoms in total. The lowest BCUT2D eigenvalue weighted by Gasteiger charge is -2.14. The largest absolute Gasteiger partial charge is 0.506 e. The molecule has 0 unspecified atom stereocenters. The highest BCUT2D eigenvalue weighted by Gasteiger charge is 2.17. The molecule has 4 rings (SSSR count). The molecule has 0 amide bonds. The summed E-state index contributed by atoms with van der Waals surface area (Å²) in [5.74, 6) is 0.150. The third-order valence-corrected chi connectivity index (χ3v) is 5.78. The molecule has 3 N–H and O–H groups in total. The number of likely N-dealkylation sites (N-methyl/N-ethyl adjacent to an activating group) is 1. The van der Waals surface area contributed by atoms with Crippen molar-refractivity contribution in [3.8, 4) is 22.9 Å². The van der Waals surface area contributed by atoms with Crippen LogP contribution in [0, 0.1) is 0 Å². The predicted octanol–water partition coefficient (Wildman–Crippen LogP) is 4.43. The monoisotopic (exact) mass is 507 g/mol. The number of phenols is 1. The van der Waals surface area contributed by atoms with Gasteiger partial charge < -0.3 is 25.2 Å². The molecule has 0 atom stereocenters. The fourth-order valence-electron chi connectivity index (χ4n) is 3.56. The highest BCUT2D eigenvalue weighted by atomic mass is 35.5. The van der Waals surface area contributed by atoms with E-state index in [2.05, 4.69) is 15.3 Å². The number of halogens is 1. The van der Waals surface area contributed by atoms with Gasteiger partial charge in [-0.05, 0) is 51.4 Å². The van der Waals surface area contributed by atoms with Crippen LogP contribution in [0.2, 0.25) is 5.02 Å². The van der Waals surface area contributed by atoms with Crippen LogP contribution in [0.4, 0.5) is 11.4 Å². The molecule has 0 aliphatic carbocycles. The van der Waals surface area contributed by atoms with Crippen molar-refractivity contribution in [2.75, 3.05) is 32.6 Å². The topological polar surface area (TPSA) is 121 Å². The summed E-state index contributed by atoms with van der Waals surface area (Å²) < 4.78 is 5.65. The fraction of sp³-hybridized carbons (Fsp3) is 0.231. The molecule has 36 heavy (non-hydrogen) atoms. The lowest BCUT2D eigenvalue weighted by atomic mass is 10.1. The number of hydrogen-bond donors (Lipinski definition) is 3. The van der Waals surface area contributed by atoms with E-state index in [1.165, 1.54) is 13.1 Å². The summed E-state index contributed by atoms with van der Waals surface area (Å²) in [5, 5.41) is 23.0. The second-order valence-electron chi connectivity index (χ2n) is 8.45. The molecule has 0 saturated heterocycles. The van der Waals surface area contributed by atoms with E-state index >= 15 is 0 Å². The Balaban J connectivity index is 1.73. The van der Waals surface area contributed by atoms with Gasteiger partial charge in [-0.25, -0.2) is 9.97 Å². The van der Waals surface area contributed by atoms with Crippen LogP contribution >= 0.6 is 11.6 Å². The number of carbonyl (C=O) groups is 1. The smallest absolute Gasteiger partial charge is 0.213 e. The van der Waals surface area contributed by atoms with E-state index in [0.29, 0.717) is 51.7 Å². The zero-order valence-corrected chi connectivity index (χ0v) is 20.9. The van der Waals surface area contributed by atoms with Crippen LogP contribution in [0.5, 0.6) is 11.6 Å². The van der Waals surface area contributed by atoms with E-state index in [1.807, 2.05) is 25.1 Å². The predicted molar refractivity (Wildman–Crippen MR) is 139 cm³/mol. The van der Waals surface area contributed by atoms with Crippen molar-refractivity contribution in [2.45, 2.75) is 13.5 Å². The molecule has 3 aromatic heterocycles. The summed E-state index contributed by atoms with van der Waals surface area (Å²) in [7, 11) is 3.94. The van der Waals surface area contributed by atoms with Crippen LogP contribution in [-0.4, -0.2) is 63.1 Å². The molecule has 0 saturated carbocycles. The number of rotatable bonds is 9. The minimum Gasteiger partial charge on any atom is -0.506 e. The highest BCUT2D eigenvalue weighted by molar-refractivity contribution is 6.32. The molecule has 0 aliphatic heterocycles. The van der Waals surface area contributed by atoms with Crippen molar-refractivity contribution in [3.63, 3.8) is 0 Å². The maximum Gasteiger partial charge on any atom is 0.213 e. The molecule has 4 aromatic rings. The number of hydrogen-bond acceptors (Lipinski definition) is 9. The number of ether oxygens (including phenoxy) is 1. The summed E-state index contributed by atoms with van der Waals surface area (Å²) in [4.78, 5) is 27.9. The second kappa shape index (κ2) is 10.9. The molecule has 1 aromatic carbocycles. The summed E-state index contributed by atoms with van der Waals surface area (Å²) in [6, 6.07) is 10.3. The van der Waals surface area contributed by atoms with Crippen LogP contribution in [-0.2, 0) is 6.61 Å². The minimum absolute atomic E-state index is 0.103. The SMILES string of the molecule is CC(=O)c1cnc2ccc(-c3cc(Cl)c(O)c(CO)c3)nc2c1Nc1ccc(OCCN(C)C)nc1. The highest BCUT2D eigenvalue weighted by Crippen LogP contribution is 2.35. The number of aliphatic hydroxyl groups is 1. The number of nitrogens with one attached hydrogen (secondary N) is 1. The van der Waals surface area contributed by atoms with E-state index in [4.69, 9.17) is 21.3 Å². The van der Waals surface area contributed by atoms with Gasteiger partial charge in [-0.3, -0.25) is 9.78 Å². The second-order valence-corrected chi connectivity index (χ2v) is 8.86.